The topological polar surface area (TPSA) is 94.6 Å². The average molecular weight is 384 g/mol. The van der Waals surface area contributed by atoms with Crippen LogP contribution in [0.25, 0.3) is 11.5 Å². The number of nitriles is 1. The van der Waals surface area contributed by atoms with E-state index in [0.29, 0.717) is 43.1 Å². The lowest BCUT2D eigenvalue weighted by molar-refractivity contribution is -0.143. The number of carbonyl (C=O) groups is 1. The molecule has 0 N–H and O–H groups in total. The van der Waals surface area contributed by atoms with Crippen molar-refractivity contribution in [3.8, 4) is 23.4 Å². The second-order valence-corrected chi connectivity index (χ2v) is 7.17. The van der Waals surface area contributed by atoms with Gasteiger partial charge in [0.25, 0.3) is 0 Å². The number of pyridine rings is 1. The van der Waals surface area contributed by atoms with E-state index in [2.05, 4.69) is 11.1 Å². The number of fused-ring (bicyclic) bond motifs is 1. The van der Waals surface area contributed by atoms with Gasteiger partial charge in [-0.25, -0.2) is 4.98 Å². The predicted octanol–water partition coefficient (Wildman–Crippen LogP) is 3.79. The quantitative estimate of drug-likeness (QED) is 0.529. The summed E-state index contributed by atoms with van der Waals surface area (Å²) in [4.78, 5) is 16.0. The Morgan fingerprint density at radius 1 is 1.39 bits per heavy atom. The average Bonchev–Trinajstić information content (AvgIpc) is 3.18. The molecule has 0 radical (unpaired) electrons. The van der Waals surface area contributed by atoms with Gasteiger partial charge in [-0.2, -0.15) is 5.26 Å². The van der Waals surface area contributed by atoms with Gasteiger partial charge in [0, 0.05) is 18.4 Å². The van der Waals surface area contributed by atoms with Crippen molar-refractivity contribution in [1.29, 1.82) is 5.26 Å². The molecule has 0 aliphatic carbocycles. The Labute approximate surface area is 164 Å². The zero-order valence-electron chi connectivity index (χ0n) is 16.4. The third kappa shape index (κ3) is 4.34. The van der Waals surface area contributed by atoms with Crippen molar-refractivity contribution >= 4 is 5.97 Å². The van der Waals surface area contributed by atoms with Gasteiger partial charge >= 0.3 is 5.97 Å². The van der Waals surface area contributed by atoms with Crippen molar-refractivity contribution in [1.82, 2.24) is 4.98 Å². The van der Waals surface area contributed by atoms with Gasteiger partial charge in [0.05, 0.1) is 31.7 Å². The van der Waals surface area contributed by atoms with E-state index in [4.69, 9.17) is 18.6 Å². The first-order valence-electron chi connectivity index (χ1n) is 9.37. The Morgan fingerprint density at radius 2 is 2.21 bits per heavy atom. The summed E-state index contributed by atoms with van der Waals surface area (Å²) < 4.78 is 22.2. The highest BCUT2D eigenvalue weighted by Crippen LogP contribution is 2.38. The van der Waals surface area contributed by atoms with Gasteiger partial charge in [0.15, 0.2) is 5.76 Å². The van der Waals surface area contributed by atoms with Crippen LogP contribution in [-0.2, 0) is 27.3 Å². The standard InChI is InChI=1S/C21H24N2O5/c1-4-25-18(24)8-6-10-27-20-15(12-22)14-11-21(2,3)28-13-16(14)19(23-20)17-7-5-9-26-17/h5,7,9H,4,6,8,10-11,13H2,1-3H3. The second kappa shape index (κ2) is 8.44. The predicted molar refractivity (Wildman–Crippen MR) is 101 cm³/mol. The summed E-state index contributed by atoms with van der Waals surface area (Å²) in [6.07, 6.45) is 2.88. The number of aromatic nitrogens is 1. The minimum atomic E-state index is -0.387. The lowest BCUT2D eigenvalue weighted by atomic mass is 9.88. The fraction of sp³-hybridized carbons (Fsp3) is 0.476. The first kappa shape index (κ1) is 19.9. The summed E-state index contributed by atoms with van der Waals surface area (Å²) in [6.45, 7) is 6.72. The smallest absolute Gasteiger partial charge is 0.305 e. The fourth-order valence-electron chi connectivity index (χ4n) is 3.20. The molecular formula is C21H24N2O5. The number of rotatable bonds is 7. The van der Waals surface area contributed by atoms with Crippen LogP contribution in [0.5, 0.6) is 5.88 Å². The molecule has 28 heavy (non-hydrogen) atoms. The molecule has 0 unspecified atom stereocenters. The summed E-state index contributed by atoms with van der Waals surface area (Å²) >= 11 is 0. The highest BCUT2D eigenvalue weighted by atomic mass is 16.5. The summed E-state index contributed by atoms with van der Waals surface area (Å²) in [7, 11) is 0. The molecule has 2 aromatic heterocycles. The van der Waals surface area contributed by atoms with E-state index < -0.39 is 0 Å². The summed E-state index contributed by atoms with van der Waals surface area (Å²) in [6, 6.07) is 5.84. The Kier molecular flexibility index (Phi) is 6.00. The Morgan fingerprint density at radius 3 is 2.89 bits per heavy atom. The normalized spacial score (nSPS) is 14.8. The van der Waals surface area contributed by atoms with Crippen LogP contribution in [0.2, 0.25) is 0 Å². The lowest BCUT2D eigenvalue weighted by Crippen LogP contribution is -2.33. The molecule has 7 heteroatoms. The van der Waals surface area contributed by atoms with Crippen LogP contribution in [-0.4, -0.2) is 29.8 Å². The molecular weight excluding hydrogens is 360 g/mol. The molecule has 0 saturated heterocycles. The summed E-state index contributed by atoms with van der Waals surface area (Å²) in [5, 5.41) is 9.77. The van der Waals surface area contributed by atoms with E-state index in [1.165, 1.54) is 0 Å². The number of carbonyl (C=O) groups excluding carboxylic acids is 1. The van der Waals surface area contributed by atoms with Crippen LogP contribution in [0, 0.1) is 11.3 Å². The molecule has 148 valence electrons. The third-order valence-corrected chi connectivity index (χ3v) is 4.52. The largest absolute Gasteiger partial charge is 0.477 e. The molecule has 3 rings (SSSR count). The summed E-state index contributed by atoms with van der Waals surface area (Å²) in [5.74, 6) is 0.592. The summed E-state index contributed by atoms with van der Waals surface area (Å²) in [5.41, 5.74) is 2.37. The van der Waals surface area contributed by atoms with E-state index in [1.54, 1.807) is 19.3 Å². The van der Waals surface area contributed by atoms with Crippen LogP contribution >= 0.6 is 0 Å². The molecule has 0 fully saturated rings. The van der Waals surface area contributed by atoms with E-state index in [0.717, 1.165) is 11.1 Å². The molecule has 1 aliphatic rings. The number of nitrogens with zero attached hydrogens (tertiary/aromatic N) is 2. The van der Waals surface area contributed by atoms with Crippen LogP contribution in [0.3, 0.4) is 0 Å². The number of ether oxygens (including phenoxy) is 3. The van der Waals surface area contributed by atoms with Gasteiger partial charge in [-0.05, 0) is 44.9 Å². The Balaban J connectivity index is 1.90. The molecule has 0 saturated carbocycles. The maximum Gasteiger partial charge on any atom is 0.305 e. The highest BCUT2D eigenvalue weighted by molar-refractivity contribution is 5.69. The maximum atomic E-state index is 11.5. The molecule has 2 aromatic rings. The first-order chi connectivity index (χ1) is 13.4. The number of esters is 1. The Bertz CT molecular complexity index is 881. The molecule has 7 nitrogen and oxygen atoms in total. The van der Waals surface area contributed by atoms with Crippen molar-refractivity contribution in [2.24, 2.45) is 0 Å². The zero-order chi connectivity index (χ0) is 20.1. The van der Waals surface area contributed by atoms with Crippen LogP contribution in [0.4, 0.5) is 0 Å². The molecule has 0 atom stereocenters. The number of hydrogen-bond donors (Lipinski definition) is 0. The monoisotopic (exact) mass is 384 g/mol. The number of furan rings is 1. The SMILES string of the molecule is CCOC(=O)CCCOc1nc(-c2ccco2)c2c(c1C#N)CC(C)(C)OC2. The fourth-order valence-corrected chi connectivity index (χ4v) is 3.20. The Hall–Kier alpha value is -2.85. The van der Waals surface area contributed by atoms with Crippen LogP contribution < -0.4 is 4.74 Å². The minimum Gasteiger partial charge on any atom is -0.477 e. The van der Waals surface area contributed by atoms with Crippen LogP contribution in [0.15, 0.2) is 22.8 Å². The van der Waals surface area contributed by atoms with Crippen LogP contribution in [0.1, 0.15) is 50.3 Å². The molecule has 0 bridgehead atoms. The van der Waals surface area contributed by atoms with E-state index in [9.17, 15) is 10.1 Å². The van der Waals surface area contributed by atoms with Crippen molar-refractivity contribution < 1.29 is 23.4 Å². The van der Waals surface area contributed by atoms with Crippen molar-refractivity contribution in [2.75, 3.05) is 13.2 Å². The first-order valence-corrected chi connectivity index (χ1v) is 9.37. The van der Waals surface area contributed by atoms with Gasteiger partial charge in [0.1, 0.15) is 17.3 Å². The number of hydrogen-bond acceptors (Lipinski definition) is 7. The van der Waals surface area contributed by atoms with E-state index in [1.807, 2.05) is 19.9 Å². The zero-order valence-corrected chi connectivity index (χ0v) is 16.4. The molecule has 3 heterocycles. The molecule has 0 amide bonds. The van der Waals surface area contributed by atoms with Crippen molar-refractivity contribution in [3.05, 3.63) is 35.1 Å². The highest BCUT2D eigenvalue weighted by Gasteiger charge is 2.33. The molecule has 0 aromatic carbocycles. The van der Waals surface area contributed by atoms with Gasteiger partial charge in [0.2, 0.25) is 5.88 Å². The van der Waals surface area contributed by atoms with Crippen molar-refractivity contribution in [3.63, 3.8) is 0 Å². The van der Waals surface area contributed by atoms with Crippen molar-refractivity contribution in [2.45, 2.75) is 52.2 Å². The second-order valence-electron chi connectivity index (χ2n) is 7.17. The lowest BCUT2D eigenvalue weighted by Gasteiger charge is -2.33. The van der Waals surface area contributed by atoms with E-state index >= 15 is 0 Å². The molecule has 1 aliphatic heterocycles. The third-order valence-electron chi connectivity index (χ3n) is 4.52. The maximum absolute atomic E-state index is 11.5. The van der Waals surface area contributed by atoms with Gasteiger partial charge in [-0.3, -0.25) is 4.79 Å². The minimum absolute atomic E-state index is 0.257. The van der Waals surface area contributed by atoms with Gasteiger partial charge in [-0.1, -0.05) is 0 Å². The van der Waals surface area contributed by atoms with Gasteiger partial charge < -0.3 is 18.6 Å². The molecule has 0 spiro atoms. The van der Waals surface area contributed by atoms with E-state index in [-0.39, 0.29) is 30.5 Å². The van der Waals surface area contributed by atoms with Gasteiger partial charge in [-0.15, -0.1) is 0 Å².